The summed E-state index contributed by atoms with van der Waals surface area (Å²) in [6.07, 6.45) is 0. The van der Waals surface area contributed by atoms with E-state index in [1.807, 2.05) is 31.2 Å². The highest BCUT2D eigenvalue weighted by molar-refractivity contribution is 5.89. The molecule has 0 fully saturated rings. The van der Waals surface area contributed by atoms with E-state index in [1.165, 1.54) is 0 Å². The van der Waals surface area contributed by atoms with Crippen molar-refractivity contribution in [3.05, 3.63) is 54.1 Å². The van der Waals surface area contributed by atoms with Crippen LogP contribution in [0, 0.1) is 6.92 Å². The Labute approximate surface area is 117 Å². The second-order valence-electron chi connectivity index (χ2n) is 4.35. The van der Waals surface area contributed by atoms with E-state index in [0.29, 0.717) is 17.1 Å². The molecule has 20 heavy (non-hydrogen) atoms. The van der Waals surface area contributed by atoms with Crippen molar-refractivity contribution in [2.75, 3.05) is 17.8 Å². The zero-order valence-electron chi connectivity index (χ0n) is 11.2. The van der Waals surface area contributed by atoms with Crippen LogP contribution in [0.3, 0.4) is 0 Å². The summed E-state index contributed by atoms with van der Waals surface area (Å²) >= 11 is 0. The SMILES string of the molecule is Cc1ccc(OCNC(=O)Nc2ccc(N)cc2)cc1. The van der Waals surface area contributed by atoms with E-state index in [-0.39, 0.29) is 12.8 Å². The number of nitrogens with two attached hydrogens (primary N) is 1. The Hall–Kier alpha value is -2.69. The molecule has 0 aromatic heterocycles. The summed E-state index contributed by atoms with van der Waals surface area (Å²) in [4.78, 5) is 11.6. The largest absolute Gasteiger partial charge is 0.473 e. The Morgan fingerprint density at radius 2 is 1.75 bits per heavy atom. The minimum absolute atomic E-state index is 0.101. The maximum absolute atomic E-state index is 11.6. The molecule has 4 N–H and O–H groups in total. The van der Waals surface area contributed by atoms with Gasteiger partial charge in [-0.15, -0.1) is 0 Å². The minimum atomic E-state index is -0.332. The monoisotopic (exact) mass is 271 g/mol. The number of urea groups is 1. The molecular weight excluding hydrogens is 254 g/mol. The van der Waals surface area contributed by atoms with Crippen LogP contribution >= 0.6 is 0 Å². The van der Waals surface area contributed by atoms with Gasteiger partial charge in [-0.25, -0.2) is 4.79 Å². The average molecular weight is 271 g/mol. The Balaban J connectivity index is 1.75. The number of benzene rings is 2. The summed E-state index contributed by atoms with van der Waals surface area (Å²) in [5.41, 5.74) is 8.05. The van der Waals surface area contributed by atoms with Crippen LogP contribution in [0.4, 0.5) is 16.2 Å². The lowest BCUT2D eigenvalue weighted by Gasteiger charge is -2.09. The highest BCUT2D eigenvalue weighted by atomic mass is 16.5. The van der Waals surface area contributed by atoms with Gasteiger partial charge in [0.05, 0.1) is 0 Å². The van der Waals surface area contributed by atoms with E-state index in [4.69, 9.17) is 10.5 Å². The first kappa shape index (κ1) is 13.7. The second kappa shape index (κ2) is 6.47. The lowest BCUT2D eigenvalue weighted by atomic mass is 10.2. The van der Waals surface area contributed by atoms with Gasteiger partial charge in [-0.3, -0.25) is 0 Å². The lowest BCUT2D eigenvalue weighted by Crippen LogP contribution is -2.31. The summed E-state index contributed by atoms with van der Waals surface area (Å²) in [6.45, 7) is 2.10. The summed E-state index contributed by atoms with van der Waals surface area (Å²) in [5, 5.41) is 5.28. The number of carbonyl (C=O) groups excluding carboxylic acids is 1. The number of carbonyl (C=O) groups is 1. The molecule has 0 saturated carbocycles. The van der Waals surface area contributed by atoms with Crippen molar-refractivity contribution in [2.24, 2.45) is 0 Å². The molecule has 104 valence electrons. The van der Waals surface area contributed by atoms with Gasteiger partial charge in [0.15, 0.2) is 6.73 Å². The molecule has 5 nitrogen and oxygen atoms in total. The molecule has 0 spiro atoms. The molecule has 0 aliphatic carbocycles. The van der Waals surface area contributed by atoms with Crippen LogP contribution in [0.1, 0.15) is 5.56 Å². The Bertz CT molecular complexity index is 565. The van der Waals surface area contributed by atoms with Crippen molar-refractivity contribution in [3.8, 4) is 5.75 Å². The fraction of sp³-hybridized carbons (Fsp3) is 0.133. The summed E-state index contributed by atoms with van der Waals surface area (Å²) in [6, 6.07) is 14.2. The van der Waals surface area contributed by atoms with Gasteiger partial charge < -0.3 is 21.1 Å². The molecule has 2 aromatic rings. The van der Waals surface area contributed by atoms with Gasteiger partial charge in [0.1, 0.15) is 5.75 Å². The molecule has 0 aliphatic heterocycles. The fourth-order valence-corrected chi connectivity index (χ4v) is 1.56. The van der Waals surface area contributed by atoms with Crippen LogP contribution in [0.15, 0.2) is 48.5 Å². The van der Waals surface area contributed by atoms with E-state index in [1.54, 1.807) is 24.3 Å². The van der Waals surface area contributed by atoms with Crippen molar-refractivity contribution in [1.82, 2.24) is 5.32 Å². The van der Waals surface area contributed by atoms with Gasteiger partial charge in [0.2, 0.25) is 0 Å². The number of anilines is 2. The maximum atomic E-state index is 11.6. The molecule has 0 aliphatic rings. The first-order valence-electron chi connectivity index (χ1n) is 6.23. The van der Waals surface area contributed by atoms with E-state index in [0.717, 1.165) is 5.56 Å². The quantitative estimate of drug-likeness (QED) is 0.591. The zero-order chi connectivity index (χ0) is 14.4. The molecule has 0 radical (unpaired) electrons. The number of hydrogen-bond acceptors (Lipinski definition) is 3. The highest BCUT2D eigenvalue weighted by Crippen LogP contribution is 2.11. The number of nitrogen functional groups attached to an aromatic ring is 1. The molecule has 2 rings (SSSR count). The van der Waals surface area contributed by atoms with Gasteiger partial charge in [-0.2, -0.15) is 0 Å². The molecule has 0 saturated heterocycles. The first-order chi connectivity index (χ1) is 9.63. The second-order valence-corrected chi connectivity index (χ2v) is 4.35. The van der Waals surface area contributed by atoms with Crippen LogP contribution in [0.25, 0.3) is 0 Å². The maximum Gasteiger partial charge on any atom is 0.321 e. The van der Waals surface area contributed by atoms with Crippen LogP contribution < -0.4 is 21.1 Å². The van der Waals surface area contributed by atoms with E-state index >= 15 is 0 Å². The topological polar surface area (TPSA) is 76.4 Å². The van der Waals surface area contributed by atoms with Crippen molar-refractivity contribution in [2.45, 2.75) is 6.92 Å². The summed E-state index contributed by atoms with van der Waals surface area (Å²) in [7, 11) is 0. The average Bonchev–Trinajstić information content (AvgIpc) is 2.44. The molecular formula is C15H17N3O2. The molecule has 0 bridgehead atoms. The summed E-state index contributed by atoms with van der Waals surface area (Å²) < 4.78 is 5.40. The number of rotatable bonds is 4. The van der Waals surface area contributed by atoms with Gasteiger partial charge in [0, 0.05) is 11.4 Å². The molecule has 0 heterocycles. The van der Waals surface area contributed by atoms with Crippen molar-refractivity contribution in [1.29, 1.82) is 0 Å². The highest BCUT2D eigenvalue weighted by Gasteiger charge is 2.01. The Morgan fingerprint density at radius 3 is 2.40 bits per heavy atom. The minimum Gasteiger partial charge on any atom is -0.473 e. The first-order valence-corrected chi connectivity index (χ1v) is 6.23. The van der Waals surface area contributed by atoms with E-state index in [9.17, 15) is 4.79 Å². The predicted octanol–water partition coefficient (Wildman–Crippen LogP) is 2.74. The number of ether oxygens (including phenoxy) is 1. The molecule has 2 aromatic carbocycles. The van der Waals surface area contributed by atoms with Gasteiger partial charge in [-0.05, 0) is 43.3 Å². The molecule has 0 unspecified atom stereocenters. The van der Waals surface area contributed by atoms with Crippen LogP contribution in [0.5, 0.6) is 5.75 Å². The molecule has 5 heteroatoms. The smallest absolute Gasteiger partial charge is 0.321 e. The van der Waals surface area contributed by atoms with Crippen LogP contribution in [-0.2, 0) is 0 Å². The van der Waals surface area contributed by atoms with Gasteiger partial charge >= 0.3 is 6.03 Å². The van der Waals surface area contributed by atoms with Crippen LogP contribution in [0.2, 0.25) is 0 Å². The standard InChI is InChI=1S/C15H17N3O2/c1-11-2-8-14(9-3-11)20-10-17-15(19)18-13-6-4-12(16)5-7-13/h2-9H,10,16H2,1H3,(H2,17,18,19). The lowest BCUT2D eigenvalue weighted by molar-refractivity contribution is 0.234. The van der Waals surface area contributed by atoms with Crippen molar-refractivity contribution >= 4 is 17.4 Å². The zero-order valence-corrected chi connectivity index (χ0v) is 11.2. The Kier molecular flexibility index (Phi) is 4.44. The number of hydrogen-bond donors (Lipinski definition) is 3. The number of nitrogens with one attached hydrogen (secondary N) is 2. The van der Waals surface area contributed by atoms with Crippen molar-refractivity contribution < 1.29 is 9.53 Å². The van der Waals surface area contributed by atoms with Crippen molar-refractivity contribution in [3.63, 3.8) is 0 Å². The van der Waals surface area contributed by atoms with Gasteiger partial charge in [0.25, 0.3) is 0 Å². The number of amides is 2. The predicted molar refractivity (Wildman–Crippen MR) is 79.7 cm³/mol. The fourth-order valence-electron chi connectivity index (χ4n) is 1.56. The molecule has 0 atom stereocenters. The van der Waals surface area contributed by atoms with Gasteiger partial charge in [-0.1, -0.05) is 17.7 Å². The Morgan fingerprint density at radius 1 is 1.10 bits per heavy atom. The van der Waals surface area contributed by atoms with Crippen LogP contribution in [-0.4, -0.2) is 12.8 Å². The normalized spacial score (nSPS) is 9.85. The van der Waals surface area contributed by atoms with E-state index in [2.05, 4.69) is 10.6 Å². The summed E-state index contributed by atoms with van der Waals surface area (Å²) in [5.74, 6) is 0.711. The van der Waals surface area contributed by atoms with E-state index < -0.39 is 0 Å². The third-order valence-electron chi connectivity index (χ3n) is 2.66. The number of aryl methyl sites for hydroxylation is 1. The molecule has 2 amide bonds. The third-order valence-corrected chi connectivity index (χ3v) is 2.66. The third kappa shape index (κ3) is 4.20.